The Morgan fingerprint density at radius 3 is 2.56 bits per heavy atom. The van der Waals surface area contributed by atoms with Crippen LogP contribution in [0.5, 0.6) is 0 Å². The highest BCUT2D eigenvalue weighted by Crippen LogP contribution is 2.09. The SMILES string of the molecule is CCN(CC)CCCNCc1cc(F)ccc1F. The van der Waals surface area contributed by atoms with Gasteiger partial charge in [0.1, 0.15) is 11.6 Å². The zero-order valence-corrected chi connectivity index (χ0v) is 11.2. The molecule has 0 aliphatic rings. The van der Waals surface area contributed by atoms with E-state index in [0.29, 0.717) is 12.1 Å². The Bertz CT molecular complexity index is 352. The molecule has 102 valence electrons. The summed E-state index contributed by atoms with van der Waals surface area (Å²) in [5.41, 5.74) is 0.387. The molecule has 0 saturated carbocycles. The Morgan fingerprint density at radius 1 is 1.17 bits per heavy atom. The van der Waals surface area contributed by atoms with Crippen molar-refractivity contribution < 1.29 is 8.78 Å². The van der Waals surface area contributed by atoms with Crippen molar-refractivity contribution in [3.05, 3.63) is 35.4 Å². The van der Waals surface area contributed by atoms with Gasteiger partial charge in [0.05, 0.1) is 0 Å². The quantitative estimate of drug-likeness (QED) is 0.719. The second kappa shape index (κ2) is 8.16. The van der Waals surface area contributed by atoms with E-state index in [4.69, 9.17) is 0 Å². The van der Waals surface area contributed by atoms with Gasteiger partial charge in [-0.1, -0.05) is 13.8 Å². The number of nitrogens with zero attached hydrogens (tertiary/aromatic N) is 1. The first-order chi connectivity index (χ1) is 8.67. The summed E-state index contributed by atoms with van der Waals surface area (Å²) in [6.45, 7) is 8.60. The van der Waals surface area contributed by atoms with Crippen molar-refractivity contribution in [1.82, 2.24) is 10.2 Å². The Labute approximate surface area is 108 Å². The lowest BCUT2D eigenvalue weighted by Crippen LogP contribution is -2.27. The van der Waals surface area contributed by atoms with E-state index in [1.165, 1.54) is 12.1 Å². The van der Waals surface area contributed by atoms with Gasteiger partial charge in [-0.3, -0.25) is 0 Å². The molecule has 0 bridgehead atoms. The van der Waals surface area contributed by atoms with Gasteiger partial charge in [0.15, 0.2) is 0 Å². The fourth-order valence-electron chi connectivity index (χ4n) is 1.87. The van der Waals surface area contributed by atoms with Crippen LogP contribution in [0.25, 0.3) is 0 Å². The number of benzene rings is 1. The maximum atomic E-state index is 13.3. The van der Waals surface area contributed by atoms with Crippen molar-refractivity contribution >= 4 is 0 Å². The van der Waals surface area contributed by atoms with E-state index in [1.54, 1.807) is 0 Å². The molecule has 0 aromatic heterocycles. The third-order valence-electron chi connectivity index (χ3n) is 3.05. The predicted octanol–water partition coefficient (Wildman–Crippen LogP) is 2.79. The highest BCUT2D eigenvalue weighted by Gasteiger charge is 2.03. The highest BCUT2D eigenvalue weighted by molar-refractivity contribution is 5.18. The number of nitrogens with one attached hydrogen (secondary N) is 1. The standard InChI is InChI=1S/C14H22F2N2/c1-3-18(4-2)9-5-8-17-11-12-10-13(15)6-7-14(12)16/h6-7,10,17H,3-5,8-9,11H2,1-2H3. The van der Waals surface area contributed by atoms with Gasteiger partial charge in [0.2, 0.25) is 0 Å². The maximum Gasteiger partial charge on any atom is 0.127 e. The monoisotopic (exact) mass is 256 g/mol. The minimum Gasteiger partial charge on any atom is -0.313 e. The molecule has 0 spiro atoms. The van der Waals surface area contributed by atoms with Crippen LogP contribution in [0.3, 0.4) is 0 Å². The van der Waals surface area contributed by atoms with Crippen LogP contribution in [0.15, 0.2) is 18.2 Å². The smallest absolute Gasteiger partial charge is 0.127 e. The van der Waals surface area contributed by atoms with Crippen molar-refractivity contribution in [2.75, 3.05) is 26.2 Å². The molecule has 1 aromatic rings. The molecule has 0 amide bonds. The average Bonchev–Trinajstić information content (AvgIpc) is 2.38. The summed E-state index contributed by atoms with van der Waals surface area (Å²) in [6.07, 6.45) is 1.01. The number of hydrogen-bond donors (Lipinski definition) is 1. The van der Waals surface area contributed by atoms with E-state index >= 15 is 0 Å². The Hall–Kier alpha value is -1.00. The summed E-state index contributed by atoms with van der Waals surface area (Å²) >= 11 is 0. The van der Waals surface area contributed by atoms with Crippen LogP contribution in [0.4, 0.5) is 8.78 Å². The fourth-order valence-corrected chi connectivity index (χ4v) is 1.87. The van der Waals surface area contributed by atoms with Crippen LogP contribution >= 0.6 is 0 Å². The van der Waals surface area contributed by atoms with Gasteiger partial charge in [-0.2, -0.15) is 0 Å². The summed E-state index contributed by atoms with van der Waals surface area (Å²) in [5.74, 6) is -0.746. The summed E-state index contributed by atoms with van der Waals surface area (Å²) in [7, 11) is 0. The Balaban J connectivity index is 2.23. The molecule has 2 nitrogen and oxygen atoms in total. The lowest BCUT2D eigenvalue weighted by Gasteiger charge is -2.17. The van der Waals surface area contributed by atoms with Crippen molar-refractivity contribution in [2.45, 2.75) is 26.8 Å². The van der Waals surface area contributed by atoms with Gasteiger partial charge in [-0.15, -0.1) is 0 Å². The lowest BCUT2D eigenvalue weighted by molar-refractivity contribution is 0.298. The van der Waals surface area contributed by atoms with E-state index < -0.39 is 5.82 Å². The van der Waals surface area contributed by atoms with E-state index in [1.807, 2.05) is 0 Å². The molecular weight excluding hydrogens is 234 g/mol. The third kappa shape index (κ3) is 5.10. The molecule has 0 saturated heterocycles. The largest absolute Gasteiger partial charge is 0.313 e. The van der Waals surface area contributed by atoms with Gasteiger partial charge >= 0.3 is 0 Å². The molecule has 0 heterocycles. The summed E-state index contributed by atoms with van der Waals surface area (Å²) in [5, 5.41) is 3.14. The number of halogens is 2. The van der Waals surface area contributed by atoms with Crippen molar-refractivity contribution in [1.29, 1.82) is 0 Å². The second-order valence-electron chi connectivity index (χ2n) is 4.29. The van der Waals surface area contributed by atoms with Crippen LogP contribution in [0.2, 0.25) is 0 Å². The van der Waals surface area contributed by atoms with E-state index in [9.17, 15) is 8.78 Å². The Kier molecular flexibility index (Phi) is 6.83. The normalized spacial score (nSPS) is 11.2. The molecule has 0 atom stereocenters. The molecular formula is C14H22F2N2. The van der Waals surface area contributed by atoms with Gasteiger partial charge in [-0.25, -0.2) is 8.78 Å². The molecule has 0 aliphatic heterocycles. The third-order valence-corrected chi connectivity index (χ3v) is 3.05. The Morgan fingerprint density at radius 2 is 1.89 bits per heavy atom. The highest BCUT2D eigenvalue weighted by atomic mass is 19.1. The molecule has 4 heteroatoms. The fraction of sp³-hybridized carbons (Fsp3) is 0.571. The first-order valence-corrected chi connectivity index (χ1v) is 6.54. The van der Waals surface area contributed by atoms with E-state index in [0.717, 1.165) is 38.7 Å². The number of hydrogen-bond acceptors (Lipinski definition) is 2. The van der Waals surface area contributed by atoms with Gasteiger partial charge in [-0.05, 0) is 50.8 Å². The van der Waals surface area contributed by atoms with Crippen LogP contribution < -0.4 is 5.32 Å². The van der Waals surface area contributed by atoms with Crippen LogP contribution in [0.1, 0.15) is 25.8 Å². The molecule has 1 aromatic carbocycles. The van der Waals surface area contributed by atoms with Crippen molar-refractivity contribution in [3.63, 3.8) is 0 Å². The summed E-state index contributed by atoms with van der Waals surface area (Å²) < 4.78 is 26.2. The van der Waals surface area contributed by atoms with Crippen molar-refractivity contribution in [3.8, 4) is 0 Å². The van der Waals surface area contributed by atoms with Crippen molar-refractivity contribution in [2.24, 2.45) is 0 Å². The maximum absolute atomic E-state index is 13.3. The average molecular weight is 256 g/mol. The van der Waals surface area contributed by atoms with Crippen LogP contribution in [-0.2, 0) is 6.54 Å². The molecule has 18 heavy (non-hydrogen) atoms. The molecule has 1 N–H and O–H groups in total. The topological polar surface area (TPSA) is 15.3 Å². The minimum absolute atomic E-state index is 0.354. The second-order valence-corrected chi connectivity index (χ2v) is 4.29. The van der Waals surface area contributed by atoms with Crippen LogP contribution in [0, 0.1) is 11.6 Å². The van der Waals surface area contributed by atoms with Crippen LogP contribution in [-0.4, -0.2) is 31.1 Å². The molecule has 1 rings (SSSR count). The van der Waals surface area contributed by atoms with Gasteiger partial charge in [0, 0.05) is 12.1 Å². The van der Waals surface area contributed by atoms with E-state index in [2.05, 4.69) is 24.1 Å². The first kappa shape index (κ1) is 15.1. The minimum atomic E-state index is -0.392. The predicted molar refractivity (Wildman–Crippen MR) is 70.5 cm³/mol. The zero-order chi connectivity index (χ0) is 13.4. The summed E-state index contributed by atoms with van der Waals surface area (Å²) in [6, 6.07) is 3.55. The van der Waals surface area contributed by atoms with Gasteiger partial charge in [0.25, 0.3) is 0 Å². The molecule has 0 fully saturated rings. The van der Waals surface area contributed by atoms with E-state index in [-0.39, 0.29) is 5.82 Å². The van der Waals surface area contributed by atoms with Gasteiger partial charge < -0.3 is 10.2 Å². The zero-order valence-electron chi connectivity index (χ0n) is 11.2. The number of rotatable bonds is 8. The lowest BCUT2D eigenvalue weighted by atomic mass is 10.2. The molecule has 0 aliphatic carbocycles. The molecule has 0 unspecified atom stereocenters. The molecule has 0 radical (unpaired) electrons. The summed E-state index contributed by atoms with van der Waals surface area (Å²) in [4.78, 5) is 2.34. The first-order valence-electron chi connectivity index (χ1n) is 6.54.